The van der Waals surface area contributed by atoms with Crippen LogP contribution in [0, 0.1) is 5.41 Å². The fourth-order valence-corrected chi connectivity index (χ4v) is 5.39. The molecule has 12 heteroatoms. The van der Waals surface area contributed by atoms with Crippen molar-refractivity contribution in [1.82, 2.24) is 30.2 Å². The van der Waals surface area contributed by atoms with Crippen LogP contribution in [0.3, 0.4) is 0 Å². The molecule has 1 amide bonds. The number of carbonyl (C=O) groups excluding carboxylic acids is 2. The SMILES string of the molecule is CC(C)(C)C(=O)CCCCC(=O)NCCCN(CCN(CCN)CCN)CCN(CCCN(CCN)C(C)(C)C)CCNCCN. The van der Waals surface area contributed by atoms with Crippen molar-refractivity contribution in [2.45, 2.75) is 85.6 Å². The van der Waals surface area contributed by atoms with Gasteiger partial charge in [-0.1, -0.05) is 20.8 Å². The van der Waals surface area contributed by atoms with E-state index >= 15 is 0 Å². The zero-order valence-corrected chi connectivity index (χ0v) is 30.9. The van der Waals surface area contributed by atoms with E-state index in [9.17, 15) is 9.59 Å². The quantitative estimate of drug-likeness (QED) is 0.0594. The van der Waals surface area contributed by atoms with Gasteiger partial charge < -0.3 is 43.4 Å². The maximum absolute atomic E-state index is 12.4. The van der Waals surface area contributed by atoms with Gasteiger partial charge in [-0.25, -0.2) is 0 Å². The predicted molar refractivity (Wildman–Crippen MR) is 195 cm³/mol. The van der Waals surface area contributed by atoms with Crippen molar-refractivity contribution in [1.29, 1.82) is 0 Å². The molecule has 0 aliphatic heterocycles. The normalized spacial score (nSPS) is 12.7. The molecule has 274 valence electrons. The van der Waals surface area contributed by atoms with Crippen LogP contribution in [0.4, 0.5) is 0 Å². The molecule has 0 unspecified atom stereocenters. The smallest absolute Gasteiger partial charge is 0.219 e. The maximum atomic E-state index is 12.4. The topological polar surface area (TPSA) is 175 Å². The monoisotopic (exact) mass is 657 g/mol. The van der Waals surface area contributed by atoms with Gasteiger partial charge in [0.1, 0.15) is 5.78 Å². The molecule has 0 aromatic heterocycles. The number of unbranched alkanes of at least 4 members (excludes halogenated alkanes) is 1. The Morgan fingerprint density at radius 1 is 0.522 bits per heavy atom. The number of Topliss-reactive ketones (excluding diaryl/α,β-unsaturated/α-hetero) is 1. The summed E-state index contributed by atoms with van der Waals surface area (Å²) < 4.78 is 0. The van der Waals surface area contributed by atoms with Gasteiger partial charge in [0, 0.05) is 122 Å². The van der Waals surface area contributed by atoms with Crippen LogP contribution in [0.1, 0.15) is 80.1 Å². The molecule has 0 aromatic carbocycles. The van der Waals surface area contributed by atoms with E-state index < -0.39 is 0 Å². The van der Waals surface area contributed by atoms with Crippen LogP contribution in [0.25, 0.3) is 0 Å². The third-order valence-corrected chi connectivity index (χ3v) is 8.40. The van der Waals surface area contributed by atoms with Crippen molar-refractivity contribution in [2.75, 3.05) is 118 Å². The fraction of sp³-hybridized carbons (Fsp3) is 0.941. The van der Waals surface area contributed by atoms with E-state index in [1.165, 1.54) is 0 Å². The summed E-state index contributed by atoms with van der Waals surface area (Å²) in [5, 5.41) is 6.54. The summed E-state index contributed by atoms with van der Waals surface area (Å²) in [4.78, 5) is 34.5. The molecule has 0 bridgehead atoms. The second-order valence-corrected chi connectivity index (χ2v) is 14.5. The molecule has 0 atom stereocenters. The van der Waals surface area contributed by atoms with Crippen molar-refractivity contribution >= 4 is 11.7 Å². The first-order chi connectivity index (χ1) is 21.8. The molecule has 0 rings (SSSR count). The molecule has 0 saturated carbocycles. The Labute approximate surface area is 283 Å². The number of rotatable bonds is 30. The van der Waals surface area contributed by atoms with Crippen molar-refractivity contribution in [3.8, 4) is 0 Å². The van der Waals surface area contributed by atoms with Crippen LogP contribution < -0.4 is 33.6 Å². The summed E-state index contributed by atoms with van der Waals surface area (Å²) in [6, 6.07) is 0. The molecule has 0 heterocycles. The summed E-state index contributed by atoms with van der Waals surface area (Å²) in [5.41, 5.74) is 23.1. The van der Waals surface area contributed by atoms with Gasteiger partial charge in [0.05, 0.1) is 0 Å². The zero-order valence-electron chi connectivity index (χ0n) is 30.9. The van der Waals surface area contributed by atoms with Crippen LogP contribution >= 0.6 is 0 Å². The number of nitrogens with two attached hydrogens (primary N) is 4. The highest BCUT2D eigenvalue weighted by Gasteiger charge is 2.21. The summed E-state index contributed by atoms with van der Waals surface area (Å²) >= 11 is 0. The molecular formula is C34H76N10O2. The Morgan fingerprint density at radius 3 is 1.57 bits per heavy atom. The number of ketones is 1. The number of nitrogens with zero attached hydrogens (tertiary/aromatic N) is 4. The third kappa shape index (κ3) is 24.0. The second-order valence-electron chi connectivity index (χ2n) is 14.5. The standard InChI is InChI=1S/C34H76N10O2/c1-33(2,3)31(45)11-7-8-12-32(46)40-17-9-20-42(29-30-43(23-14-36)24-15-37)28-27-41(26-19-39-18-13-35)21-10-22-44(25-16-38)34(4,5)6/h39H,7-30,35-38H2,1-6H3,(H,40,46). The van der Waals surface area contributed by atoms with Gasteiger partial charge in [0.2, 0.25) is 5.91 Å². The lowest BCUT2D eigenvalue weighted by molar-refractivity contribution is -0.126. The van der Waals surface area contributed by atoms with Gasteiger partial charge >= 0.3 is 0 Å². The zero-order chi connectivity index (χ0) is 34.8. The number of nitrogens with one attached hydrogen (secondary N) is 2. The first kappa shape index (κ1) is 44.8. The van der Waals surface area contributed by atoms with Crippen molar-refractivity contribution in [3.63, 3.8) is 0 Å². The van der Waals surface area contributed by atoms with Crippen molar-refractivity contribution in [2.24, 2.45) is 28.3 Å². The summed E-state index contributed by atoms with van der Waals surface area (Å²) in [6.45, 7) is 27.9. The molecule has 0 radical (unpaired) electrons. The lowest BCUT2D eigenvalue weighted by atomic mass is 9.88. The van der Waals surface area contributed by atoms with Gasteiger partial charge in [-0.05, 0) is 66.1 Å². The highest BCUT2D eigenvalue weighted by atomic mass is 16.1. The van der Waals surface area contributed by atoms with Gasteiger partial charge in [-0.15, -0.1) is 0 Å². The molecule has 0 fully saturated rings. The number of hydrogen-bond acceptors (Lipinski definition) is 11. The van der Waals surface area contributed by atoms with Crippen LogP contribution in [0.5, 0.6) is 0 Å². The van der Waals surface area contributed by atoms with Crippen LogP contribution in [-0.4, -0.2) is 155 Å². The third-order valence-electron chi connectivity index (χ3n) is 8.40. The lowest BCUT2D eigenvalue weighted by Gasteiger charge is -2.36. The average Bonchev–Trinajstić information content (AvgIpc) is 2.98. The Bertz CT molecular complexity index is 751. The Hall–Kier alpha value is -1.22. The Kier molecular flexibility index (Phi) is 26.0. The van der Waals surface area contributed by atoms with E-state index in [1.54, 1.807) is 0 Å². The molecule has 12 nitrogen and oxygen atoms in total. The summed E-state index contributed by atoms with van der Waals surface area (Å²) in [5.74, 6) is 0.329. The molecule has 0 aromatic rings. The molecule has 0 aliphatic carbocycles. The van der Waals surface area contributed by atoms with Crippen molar-refractivity contribution in [3.05, 3.63) is 0 Å². The average molecular weight is 657 g/mol. The van der Waals surface area contributed by atoms with Crippen molar-refractivity contribution < 1.29 is 9.59 Å². The maximum Gasteiger partial charge on any atom is 0.219 e. The number of hydrogen-bond donors (Lipinski definition) is 6. The number of amides is 1. The molecule has 0 aliphatic rings. The minimum absolute atomic E-state index is 0.0712. The molecule has 46 heavy (non-hydrogen) atoms. The Balaban J connectivity index is 5.07. The summed E-state index contributed by atoms with van der Waals surface area (Å²) in [7, 11) is 0. The van der Waals surface area contributed by atoms with Gasteiger partial charge in [-0.3, -0.25) is 19.4 Å². The van der Waals surface area contributed by atoms with Gasteiger partial charge in [0.15, 0.2) is 0 Å². The van der Waals surface area contributed by atoms with E-state index in [0.29, 0.717) is 45.6 Å². The van der Waals surface area contributed by atoms with E-state index in [2.05, 4.69) is 51.0 Å². The van der Waals surface area contributed by atoms with Crippen LogP contribution in [0.15, 0.2) is 0 Å². The molecule has 10 N–H and O–H groups in total. The van der Waals surface area contributed by atoms with E-state index in [4.69, 9.17) is 22.9 Å². The number of carbonyl (C=O) groups is 2. The highest BCUT2D eigenvalue weighted by Crippen LogP contribution is 2.18. The summed E-state index contributed by atoms with van der Waals surface area (Å²) in [6.07, 6.45) is 4.50. The predicted octanol–water partition coefficient (Wildman–Crippen LogP) is 0.489. The first-order valence-corrected chi connectivity index (χ1v) is 18.0. The minimum Gasteiger partial charge on any atom is -0.356 e. The molecule has 0 saturated heterocycles. The van der Waals surface area contributed by atoms with E-state index in [-0.39, 0.29) is 22.6 Å². The minimum atomic E-state index is -0.309. The highest BCUT2D eigenvalue weighted by molar-refractivity contribution is 5.83. The van der Waals surface area contributed by atoms with E-state index in [1.807, 2.05) is 20.8 Å². The Morgan fingerprint density at radius 2 is 1.04 bits per heavy atom. The van der Waals surface area contributed by atoms with E-state index in [0.717, 1.165) is 111 Å². The van der Waals surface area contributed by atoms with Crippen LogP contribution in [-0.2, 0) is 9.59 Å². The molecule has 0 spiro atoms. The van der Waals surface area contributed by atoms with Gasteiger partial charge in [-0.2, -0.15) is 0 Å². The second kappa shape index (κ2) is 26.7. The lowest BCUT2D eigenvalue weighted by Crippen LogP contribution is -2.46. The fourth-order valence-electron chi connectivity index (χ4n) is 5.39. The van der Waals surface area contributed by atoms with Gasteiger partial charge in [0.25, 0.3) is 0 Å². The molecular weight excluding hydrogens is 580 g/mol. The van der Waals surface area contributed by atoms with Crippen LogP contribution in [0.2, 0.25) is 0 Å². The largest absolute Gasteiger partial charge is 0.356 e. The first-order valence-electron chi connectivity index (χ1n) is 18.0.